The van der Waals surface area contributed by atoms with Gasteiger partial charge in [-0.25, -0.2) is 0 Å². The highest BCUT2D eigenvalue weighted by Crippen LogP contribution is 2.49. The van der Waals surface area contributed by atoms with Crippen LogP contribution in [0.1, 0.15) is 47.8 Å². The molecule has 2 bridgehead atoms. The average Bonchev–Trinajstić information content (AvgIpc) is 2.49. The maximum absolute atomic E-state index is 12.0. The van der Waals surface area contributed by atoms with Gasteiger partial charge >= 0.3 is 0 Å². The summed E-state index contributed by atoms with van der Waals surface area (Å²) in [6, 6.07) is 8.83. The molecule has 21 heavy (non-hydrogen) atoms. The minimum absolute atomic E-state index is 0.159. The molecule has 0 radical (unpaired) electrons. The van der Waals surface area contributed by atoms with Gasteiger partial charge in [-0.05, 0) is 24.5 Å². The monoisotopic (exact) mass is 283 g/mol. The summed E-state index contributed by atoms with van der Waals surface area (Å²) in [5.41, 5.74) is 4.50. The fraction of sp³-hybridized carbons (Fsp3) is 0.412. The summed E-state index contributed by atoms with van der Waals surface area (Å²) in [7, 11) is 0. The molecule has 1 aromatic carbocycles. The first-order valence-corrected chi connectivity index (χ1v) is 7.56. The second kappa shape index (κ2) is 4.53. The third-order valence-corrected chi connectivity index (χ3v) is 4.77. The first-order valence-electron chi connectivity index (χ1n) is 7.56. The van der Waals surface area contributed by atoms with Crippen molar-refractivity contribution in [1.82, 2.24) is 4.57 Å². The van der Waals surface area contributed by atoms with E-state index in [1.165, 1.54) is 11.1 Å². The minimum Gasteiger partial charge on any atom is -0.377 e. The summed E-state index contributed by atoms with van der Waals surface area (Å²) >= 11 is 0. The van der Waals surface area contributed by atoms with Crippen molar-refractivity contribution in [2.45, 2.75) is 38.3 Å². The van der Waals surface area contributed by atoms with Crippen molar-refractivity contribution in [1.29, 1.82) is 0 Å². The van der Waals surface area contributed by atoms with Crippen LogP contribution in [0.4, 0.5) is 0 Å². The van der Waals surface area contributed by atoms with Crippen LogP contribution in [0, 0.1) is 11.8 Å². The Bertz CT molecular complexity index is 766. The molecular formula is C17H19N2O2+. The quantitative estimate of drug-likeness (QED) is 0.794. The van der Waals surface area contributed by atoms with E-state index in [0.29, 0.717) is 6.61 Å². The Kier molecular flexibility index (Phi) is 2.76. The third-order valence-electron chi connectivity index (χ3n) is 4.77. The van der Waals surface area contributed by atoms with E-state index in [1.54, 1.807) is 6.20 Å². The van der Waals surface area contributed by atoms with E-state index in [4.69, 9.17) is 4.74 Å². The van der Waals surface area contributed by atoms with Gasteiger partial charge in [0.15, 0.2) is 0 Å². The third kappa shape index (κ3) is 1.72. The predicted molar refractivity (Wildman–Crippen MR) is 79.0 cm³/mol. The molecule has 3 unspecified atom stereocenters. The van der Waals surface area contributed by atoms with Gasteiger partial charge in [0.2, 0.25) is 6.20 Å². The maximum Gasteiger partial charge on any atom is 0.252 e. The second-order valence-corrected chi connectivity index (χ2v) is 5.91. The molecule has 1 aromatic heterocycles. The van der Waals surface area contributed by atoms with Gasteiger partial charge in [0, 0.05) is 18.4 Å². The van der Waals surface area contributed by atoms with E-state index < -0.39 is 0 Å². The van der Waals surface area contributed by atoms with Crippen LogP contribution in [-0.4, -0.2) is 17.3 Å². The number of hydrogen-bond donors (Lipinski definition) is 0. The Hall–Kier alpha value is -1.94. The summed E-state index contributed by atoms with van der Waals surface area (Å²) in [6.45, 7) is 4.60. The first kappa shape index (κ1) is 12.8. The van der Waals surface area contributed by atoms with E-state index in [9.17, 15) is 4.91 Å². The molecule has 3 atom stereocenters. The number of nitrogens with zero attached hydrogens (tertiary/aromatic N) is 2. The number of benzene rings is 1. The second-order valence-electron chi connectivity index (χ2n) is 5.91. The lowest BCUT2D eigenvalue weighted by Crippen LogP contribution is -2.43. The van der Waals surface area contributed by atoms with Crippen LogP contribution in [0.2, 0.25) is 0 Å². The number of rotatable bonds is 2. The van der Waals surface area contributed by atoms with Crippen LogP contribution in [0.3, 0.4) is 0 Å². The van der Waals surface area contributed by atoms with Gasteiger partial charge in [-0.3, -0.25) is 0 Å². The van der Waals surface area contributed by atoms with Crippen LogP contribution < -0.4 is 4.43 Å². The van der Waals surface area contributed by atoms with Gasteiger partial charge < -0.3 is 9.30 Å². The highest BCUT2D eigenvalue weighted by molar-refractivity contribution is 5.45. The molecule has 0 fully saturated rings. The largest absolute Gasteiger partial charge is 0.377 e. The van der Waals surface area contributed by atoms with Crippen LogP contribution in [0.5, 0.6) is 0 Å². The molecule has 0 N–H and O–H groups in total. The molecule has 108 valence electrons. The lowest BCUT2D eigenvalue weighted by molar-refractivity contribution is -0.504. The van der Waals surface area contributed by atoms with Crippen molar-refractivity contribution >= 4 is 0 Å². The lowest BCUT2D eigenvalue weighted by atomic mass is 9.72. The molecule has 3 aliphatic rings. The summed E-state index contributed by atoms with van der Waals surface area (Å²) in [4.78, 5) is 12.0. The fourth-order valence-corrected chi connectivity index (χ4v) is 3.90. The molecule has 2 aliphatic heterocycles. The molecule has 0 amide bonds. The Morgan fingerprint density at radius 2 is 2.10 bits per heavy atom. The zero-order valence-corrected chi connectivity index (χ0v) is 12.3. The molecule has 0 spiro atoms. The number of ether oxygens (including phenoxy) is 1. The normalized spacial score (nSPS) is 25.5. The summed E-state index contributed by atoms with van der Waals surface area (Å²) in [6.07, 6.45) is 4.86. The van der Waals surface area contributed by atoms with Crippen molar-refractivity contribution in [3.05, 3.63) is 64.1 Å². The highest BCUT2D eigenvalue weighted by atomic mass is 16.5. The van der Waals surface area contributed by atoms with Gasteiger partial charge in [0.25, 0.3) is 5.69 Å². The minimum atomic E-state index is 0.159. The molecular weight excluding hydrogens is 264 g/mol. The van der Waals surface area contributed by atoms with Crippen molar-refractivity contribution in [3.63, 3.8) is 0 Å². The molecule has 0 saturated carbocycles. The van der Waals surface area contributed by atoms with Crippen LogP contribution in [0.25, 0.3) is 0 Å². The van der Waals surface area contributed by atoms with Crippen molar-refractivity contribution in [2.75, 3.05) is 6.61 Å². The Balaban J connectivity index is 1.97. The molecule has 4 heteroatoms. The van der Waals surface area contributed by atoms with Gasteiger partial charge in [-0.2, -0.15) is 0 Å². The van der Waals surface area contributed by atoms with E-state index in [2.05, 4.69) is 28.8 Å². The number of aromatic nitrogens is 2. The van der Waals surface area contributed by atoms with Gasteiger partial charge in [-0.15, -0.1) is 0 Å². The van der Waals surface area contributed by atoms with E-state index in [1.807, 2.05) is 20.0 Å². The number of fused-ring (bicyclic) bond motifs is 1. The molecule has 4 nitrogen and oxygen atoms in total. The fourth-order valence-electron chi connectivity index (χ4n) is 3.90. The van der Waals surface area contributed by atoms with Crippen molar-refractivity contribution < 1.29 is 9.16 Å². The van der Waals surface area contributed by atoms with Gasteiger partial charge in [0.05, 0.1) is 34.4 Å². The summed E-state index contributed by atoms with van der Waals surface area (Å²) < 4.78 is 9.22. The van der Waals surface area contributed by atoms with Crippen molar-refractivity contribution in [3.8, 4) is 0 Å². The Morgan fingerprint density at radius 1 is 1.33 bits per heavy atom. The van der Waals surface area contributed by atoms with Crippen LogP contribution >= 0.6 is 0 Å². The summed E-state index contributed by atoms with van der Waals surface area (Å²) in [5.74, 6) is 0.159. The molecule has 0 saturated heterocycles. The van der Waals surface area contributed by atoms with Gasteiger partial charge in [0.1, 0.15) is 0 Å². The smallest absolute Gasteiger partial charge is 0.252 e. The predicted octanol–water partition coefficient (Wildman–Crippen LogP) is 2.55. The molecule has 2 aromatic rings. The Morgan fingerprint density at radius 3 is 2.86 bits per heavy atom. The number of hydrogen-bond acceptors (Lipinski definition) is 2. The van der Waals surface area contributed by atoms with Crippen molar-refractivity contribution in [2.24, 2.45) is 0 Å². The zero-order chi connectivity index (χ0) is 14.6. The SMILES string of the molecule is CCOC1CC2c3ccccc3C1c1c[n+](=O)c(C)cn12. The Labute approximate surface area is 123 Å². The summed E-state index contributed by atoms with van der Waals surface area (Å²) in [5, 5.41) is 0. The maximum atomic E-state index is 12.0. The van der Waals surface area contributed by atoms with E-state index in [-0.39, 0.29) is 18.1 Å². The topological polar surface area (TPSA) is 37.1 Å². The van der Waals surface area contributed by atoms with Gasteiger partial charge in [-0.1, -0.05) is 24.3 Å². The standard InChI is InChI=1S/C17H19N2O2/c1-3-21-16-8-14-12-6-4-5-7-13(12)17(16)15-10-19(20)11(2)9-18(14)15/h4-7,9-10,14,16-17H,3,8H2,1-2H3/q+1. The first-order chi connectivity index (χ1) is 10.2. The highest BCUT2D eigenvalue weighted by Gasteiger charge is 2.45. The van der Waals surface area contributed by atoms with E-state index in [0.717, 1.165) is 22.2 Å². The van der Waals surface area contributed by atoms with E-state index >= 15 is 0 Å². The molecule has 1 aliphatic carbocycles. The van der Waals surface area contributed by atoms with Crippen LogP contribution in [0.15, 0.2) is 36.7 Å². The molecule has 3 heterocycles. The molecule has 5 rings (SSSR count). The van der Waals surface area contributed by atoms with Crippen LogP contribution in [-0.2, 0) is 4.74 Å². The average molecular weight is 283 g/mol. The number of aryl methyl sites for hydroxylation is 1. The lowest BCUT2D eigenvalue weighted by Gasteiger charge is -2.45. The zero-order valence-electron chi connectivity index (χ0n) is 12.3.